The molecular formula is C77H132O6. The number of allylic oxidation sites excluding steroid dienone is 18. The maximum absolute atomic E-state index is 13.0. The van der Waals surface area contributed by atoms with Gasteiger partial charge in [0.2, 0.25) is 0 Å². The first-order chi connectivity index (χ1) is 41.0. The molecule has 0 rings (SSSR count). The van der Waals surface area contributed by atoms with E-state index in [9.17, 15) is 14.4 Å². The normalized spacial score (nSPS) is 12.8. The molecule has 0 N–H and O–H groups in total. The fourth-order valence-corrected chi connectivity index (χ4v) is 9.99. The molecule has 0 fully saturated rings. The summed E-state index contributed by atoms with van der Waals surface area (Å²) in [6.07, 6.45) is 96.7. The van der Waals surface area contributed by atoms with Gasteiger partial charge in [0.15, 0.2) is 6.10 Å². The van der Waals surface area contributed by atoms with E-state index in [-0.39, 0.29) is 31.1 Å². The lowest BCUT2D eigenvalue weighted by Gasteiger charge is -2.18. The monoisotopic (exact) mass is 1150 g/mol. The van der Waals surface area contributed by atoms with Crippen LogP contribution in [0.1, 0.15) is 342 Å². The molecule has 0 amide bonds. The summed E-state index contributed by atoms with van der Waals surface area (Å²) in [4.78, 5) is 38.5. The molecule has 0 saturated heterocycles. The van der Waals surface area contributed by atoms with Crippen molar-refractivity contribution in [2.75, 3.05) is 13.2 Å². The minimum atomic E-state index is -0.790. The van der Waals surface area contributed by atoms with Gasteiger partial charge in [0.1, 0.15) is 13.2 Å². The number of hydrogen-bond acceptors (Lipinski definition) is 6. The van der Waals surface area contributed by atoms with E-state index >= 15 is 0 Å². The molecule has 6 heteroatoms. The fourth-order valence-electron chi connectivity index (χ4n) is 9.99. The molecule has 0 aliphatic rings. The first kappa shape index (κ1) is 79.1. The van der Waals surface area contributed by atoms with Gasteiger partial charge < -0.3 is 14.2 Å². The number of rotatable bonds is 64. The fraction of sp³-hybridized carbons (Fsp3) is 0.727. The van der Waals surface area contributed by atoms with Gasteiger partial charge in [0.25, 0.3) is 0 Å². The standard InChI is InChI=1S/C77H132O6/c1-4-7-10-13-16-19-22-25-28-30-32-34-36-37-38-39-41-42-44-46-49-52-55-58-61-64-67-70-76(79)82-73-74(72-81-75(78)69-66-63-60-57-54-51-48-27-24-21-18-15-12-9-6-3)83-77(80)71-68-65-62-59-56-53-50-47-45-43-40-35-33-31-29-26-23-20-17-14-11-8-5-2/h7,10,16,19,23,25-26,28,31-34,37-38,41-42,46,49,74H,4-6,8-9,11-15,17-18,20-22,24,27,29-30,35-36,39-40,43-45,47-48,50-73H2,1-3H3/b10-7-,19-16-,26-23-,28-25-,33-31-,34-32-,38-37-,42-41-,49-46-. The molecule has 0 aromatic heterocycles. The summed E-state index contributed by atoms with van der Waals surface area (Å²) >= 11 is 0. The second-order valence-electron chi connectivity index (χ2n) is 23.4. The van der Waals surface area contributed by atoms with E-state index in [1.165, 1.54) is 173 Å². The molecule has 0 radical (unpaired) electrons. The van der Waals surface area contributed by atoms with Crippen LogP contribution in [0.25, 0.3) is 0 Å². The first-order valence-electron chi connectivity index (χ1n) is 35.4. The minimum Gasteiger partial charge on any atom is -0.462 e. The first-order valence-corrected chi connectivity index (χ1v) is 35.4. The van der Waals surface area contributed by atoms with E-state index in [4.69, 9.17) is 14.2 Å². The van der Waals surface area contributed by atoms with Crippen LogP contribution >= 0.6 is 0 Å². The molecule has 1 unspecified atom stereocenters. The summed E-state index contributed by atoms with van der Waals surface area (Å²) in [5, 5.41) is 0. The lowest BCUT2D eigenvalue weighted by molar-refractivity contribution is -0.167. The van der Waals surface area contributed by atoms with Gasteiger partial charge in [-0.3, -0.25) is 14.4 Å². The maximum Gasteiger partial charge on any atom is 0.306 e. The van der Waals surface area contributed by atoms with Gasteiger partial charge >= 0.3 is 17.9 Å². The average molecular weight is 1150 g/mol. The lowest BCUT2D eigenvalue weighted by Crippen LogP contribution is -2.30. The van der Waals surface area contributed by atoms with Crippen molar-refractivity contribution in [1.29, 1.82) is 0 Å². The lowest BCUT2D eigenvalue weighted by atomic mass is 10.0. The highest BCUT2D eigenvalue weighted by atomic mass is 16.6. The zero-order valence-electron chi connectivity index (χ0n) is 54.7. The number of carbonyl (C=O) groups excluding carboxylic acids is 3. The Hall–Kier alpha value is -3.93. The number of unbranched alkanes of at least 4 members (excludes halogenated alkanes) is 35. The van der Waals surface area contributed by atoms with E-state index in [0.717, 1.165) is 128 Å². The van der Waals surface area contributed by atoms with Gasteiger partial charge in [-0.2, -0.15) is 0 Å². The van der Waals surface area contributed by atoms with Crippen molar-refractivity contribution in [2.45, 2.75) is 348 Å². The zero-order valence-corrected chi connectivity index (χ0v) is 54.7. The predicted octanol–water partition coefficient (Wildman–Crippen LogP) is 24.6. The number of hydrogen-bond donors (Lipinski definition) is 0. The predicted molar refractivity (Wildman–Crippen MR) is 362 cm³/mol. The second kappa shape index (κ2) is 70.6. The average Bonchev–Trinajstić information content (AvgIpc) is 3.49. The Kier molecular flexibility index (Phi) is 67.2. The quantitative estimate of drug-likeness (QED) is 0.0261. The highest BCUT2D eigenvalue weighted by Crippen LogP contribution is 2.17. The number of esters is 3. The Labute approximate surface area is 514 Å². The molecule has 476 valence electrons. The van der Waals surface area contributed by atoms with Crippen molar-refractivity contribution in [3.05, 3.63) is 109 Å². The van der Waals surface area contributed by atoms with Crippen LogP contribution in [0.3, 0.4) is 0 Å². The molecule has 0 saturated carbocycles. The van der Waals surface area contributed by atoms with E-state index in [1.807, 2.05) is 0 Å². The molecule has 0 aromatic rings. The van der Waals surface area contributed by atoms with Gasteiger partial charge in [0.05, 0.1) is 0 Å². The van der Waals surface area contributed by atoms with E-state index in [2.05, 4.69) is 130 Å². The van der Waals surface area contributed by atoms with Crippen molar-refractivity contribution in [3.8, 4) is 0 Å². The Balaban J connectivity index is 4.39. The molecular weight excluding hydrogens is 1020 g/mol. The molecule has 0 heterocycles. The number of carbonyl (C=O) groups is 3. The van der Waals surface area contributed by atoms with Crippen LogP contribution in [-0.2, 0) is 28.6 Å². The van der Waals surface area contributed by atoms with Gasteiger partial charge in [-0.1, -0.05) is 323 Å². The van der Waals surface area contributed by atoms with Crippen LogP contribution in [-0.4, -0.2) is 37.2 Å². The summed E-state index contributed by atoms with van der Waals surface area (Å²) in [6.45, 7) is 6.54. The summed E-state index contributed by atoms with van der Waals surface area (Å²) in [7, 11) is 0. The second-order valence-corrected chi connectivity index (χ2v) is 23.4. The van der Waals surface area contributed by atoms with Crippen LogP contribution in [0.5, 0.6) is 0 Å². The zero-order chi connectivity index (χ0) is 59.9. The van der Waals surface area contributed by atoms with Crippen LogP contribution in [0.4, 0.5) is 0 Å². The van der Waals surface area contributed by atoms with Crippen molar-refractivity contribution in [2.24, 2.45) is 0 Å². The van der Waals surface area contributed by atoms with Gasteiger partial charge in [0, 0.05) is 19.3 Å². The highest BCUT2D eigenvalue weighted by molar-refractivity contribution is 5.71. The summed E-state index contributed by atoms with van der Waals surface area (Å²) in [5.41, 5.74) is 0. The SMILES string of the molecule is CC/C=C\C/C=C\C/C=C\C/C=C\C/C=C\C/C=C\C/C=C\CCCCCCCC(=O)OCC(COC(=O)CCCCCCCCCCCCCCCCC)OC(=O)CCCCCCCCCCCCC/C=C\C/C=C\CCCCCCC. The molecule has 0 aromatic carbocycles. The summed E-state index contributed by atoms with van der Waals surface area (Å²) in [6, 6.07) is 0. The number of ether oxygens (including phenoxy) is 3. The van der Waals surface area contributed by atoms with Crippen molar-refractivity contribution < 1.29 is 28.6 Å². The molecule has 0 aliphatic heterocycles. The third-order valence-corrected chi connectivity index (χ3v) is 15.3. The van der Waals surface area contributed by atoms with Crippen molar-refractivity contribution in [1.82, 2.24) is 0 Å². The van der Waals surface area contributed by atoms with Gasteiger partial charge in [-0.05, 0) is 109 Å². The van der Waals surface area contributed by atoms with E-state index < -0.39 is 6.10 Å². The van der Waals surface area contributed by atoms with Gasteiger partial charge in [-0.25, -0.2) is 0 Å². The minimum absolute atomic E-state index is 0.0826. The smallest absolute Gasteiger partial charge is 0.306 e. The molecule has 0 aliphatic carbocycles. The Bertz CT molecular complexity index is 1660. The Morgan fingerprint density at radius 1 is 0.253 bits per heavy atom. The Morgan fingerprint density at radius 3 is 0.735 bits per heavy atom. The van der Waals surface area contributed by atoms with E-state index in [1.54, 1.807) is 0 Å². The van der Waals surface area contributed by atoms with Crippen molar-refractivity contribution >= 4 is 17.9 Å². The highest BCUT2D eigenvalue weighted by Gasteiger charge is 2.19. The van der Waals surface area contributed by atoms with E-state index in [0.29, 0.717) is 19.3 Å². The maximum atomic E-state index is 13.0. The largest absolute Gasteiger partial charge is 0.462 e. The third-order valence-electron chi connectivity index (χ3n) is 15.3. The molecule has 0 spiro atoms. The van der Waals surface area contributed by atoms with Crippen LogP contribution < -0.4 is 0 Å². The van der Waals surface area contributed by atoms with Crippen LogP contribution in [0.2, 0.25) is 0 Å². The molecule has 6 nitrogen and oxygen atoms in total. The third kappa shape index (κ3) is 68.7. The van der Waals surface area contributed by atoms with Gasteiger partial charge in [-0.15, -0.1) is 0 Å². The molecule has 83 heavy (non-hydrogen) atoms. The summed E-state index contributed by atoms with van der Waals surface area (Å²) in [5.74, 6) is -0.889. The molecule has 1 atom stereocenters. The van der Waals surface area contributed by atoms with Crippen molar-refractivity contribution in [3.63, 3.8) is 0 Å². The summed E-state index contributed by atoms with van der Waals surface area (Å²) < 4.78 is 17.0. The molecule has 0 bridgehead atoms. The van der Waals surface area contributed by atoms with Crippen LogP contribution in [0, 0.1) is 0 Å². The topological polar surface area (TPSA) is 78.9 Å². The van der Waals surface area contributed by atoms with Crippen LogP contribution in [0.15, 0.2) is 109 Å². The Morgan fingerprint density at radius 2 is 0.470 bits per heavy atom.